The molecule has 0 radical (unpaired) electrons. The van der Waals surface area contributed by atoms with Crippen molar-refractivity contribution in [1.82, 2.24) is 10.2 Å². The van der Waals surface area contributed by atoms with Gasteiger partial charge in [0.05, 0.1) is 36.6 Å². The maximum Gasteiger partial charge on any atom is 0.313 e. The number of esters is 1. The molecule has 0 aliphatic carbocycles. The topological polar surface area (TPSA) is 125 Å². The summed E-state index contributed by atoms with van der Waals surface area (Å²) in [5.41, 5.74) is 0.0237. The van der Waals surface area contributed by atoms with E-state index in [1.807, 2.05) is 86.6 Å². The molecule has 10 nitrogen and oxygen atoms in total. The van der Waals surface area contributed by atoms with Crippen molar-refractivity contribution in [3.8, 4) is 0 Å². The molecule has 3 aromatic carbocycles. The first-order valence-corrected chi connectivity index (χ1v) is 18.7. The Bertz CT molecular complexity index is 1850. The Balaban J connectivity index is 1.37. The number of likely N-dealkylation sites (tertiary alicyclic amines) is 1. The van der Waals surface area contributed by atoms with E-state index in [2.05, 4.69) is 18.5 Å². The van der Waals surface area contributed by atoms with Crippen molar-refractivity contribution in [2.45, 2.75) is 88.8 Å². The highest BCUT2D eigenvalue weighted by Crippen LogP contribution is 2.59. The Morgan fingerprint density at radius 1 is 1.04 bits per heavy atom. The Labute approximate surface area is 311 Å². The number of carbonyl (C=O) groups is 4. The molecule has 3 saturated heterocycles. The molecule has 280 valence electrons. The molecule has 8 atom stereocenters. The van der Waals surface area contributed by atoms with Crippen molar-refractivity contribution >= 4 is 40.2 Å². The molecule has 6 rings (SSSR count). The molecule has 0 aromatic heterocycles. The summed E-state index contributed by atoms with van der Waals surface area (Å²) in [5.74, 6) is -3.46. The second-order valence-corrected chi connectivity index (χ2v) is 15.0. The van der Waals surface area contributed by atoms with Gasteiger partial charge < -0.3 is 29.7 Å². The van der Waals surface area contributed by atoms with Gasteiger partial charge in [-0.3, -0.25) is 19.2 Å². The summed E-state index contributed by atoms with van der Waals surface area (Å²) in [6.07, 6.45) is 3.88. The number of hydrogen-bond acceptors (Lipinski definition) is 7. The molecular formula is C43H51N3O7. The number of amides is 3. The smallest absolute Gasteiger partial charge is 0.313 e. The molecule has 3 aliphatic heterocycles. The van der Waals surface area contributed by atoms with Crippen LogP contribution in [0.4, 0.5) is 5.69 Å². The van der Waals surface area contributed by atoms with Crippen LogP contribution in [0.5, 0.6) is 0 Å². The predicted molar refractivity (Wildman–Crippen MR) is 204 cm³/mol. The van der Waals surface area contributed by atoms with Crippen molar-refractivity contribution in [1.29, 1.82) is 0 Å². The molecule has 3 aliphatic rings. The number of rotatable bonds is 16. The monoisotopic (exact) mass is 721 g/mol. The highest BCUT2D eigenvalue weighted by atomic mass is 16.6. The summed E-state index contributed by atoms with van der Waals surface area (Å²) in [5, 5.41) is 15.7. The number of aliphatic hydroxyl groups excluding tert-OH is 1. The molecule has 0 unspecified atom stereocenters. The van der Waals surface area contributed by atoms with Gasteiger partial charge in [-0.1, -0.05) is 86.7 Å². The molecule has 1 spiro atoms. The molecule has 10 heteroatoms. The lowest BCUT2D eigenvalue weighted by Gasteiger charge is -2.39. The zero-order chi connectivity index (χ0) is 37.9. The van der Waals surface area contributed by atoms with Crippen molar-refractivity contribution in [3.05, 3.63) is 104 Å². The number of nitrogens with zero attached hydrogens (tertiary/aromatic N) is 2. The third-order valence-electron chi connectivity index (χ3n) is 11.0. The second kappa shape index (κ2) is 16.1. The maximum atomic E-state index is 15.1. The zero-order valence-electron chi connectivity index (χ0n) is 30.9. The summed E-state index contributed by atoms with van der Waals surface area (Å²) in [4.78, 5) is 60.4. The first-order chi connectivity index (χ1) is 25.5. The average Bonchev–Trinajstić information content (AvgIpc) is 3.81. The minimum absolute atomic E-state index is 0.103. The highest BCUT2D eigenvalue weighted by molar-refractivity contribution is 6.05. The first kappa shape index (κ1) is 37.9. The third kappa shape index (κ3) is 7.27. The van der Waals surface area contributed by atoms with Crippen LogP contribution in [0.3, 0.4) is 0 Å². The van der Waals surface area contributed by atoms with Gasteiger partial charge in [-0.2, -0.15) is 0 Å². The molecule has 3 fully saturated rings. The van der Waals surface area contributed by atoms with Gasteiger partial charge in [0, 0.05) is 18.7 Å². The van der Waals surface area contributed by atoms with Gasteiger partial charge in [0.25, 0.3) is 5.91 Å². The molecule has 3 amide bonds. The zero-order valence-corrected chi connectivity index (χ0v) is 30.9. The standard InChI is InChI=1S/C43H51N3O7/c1-6-8-18-35(48)44-28(5)38(30-15-10-9-11-16-30)52-42(51)36-34-21-22-43(53-34)37(36)40(49)46(33(26-47)24-27(3)4)39(43)41(50)45(23-7-2)32-20-19-29-14-12-13-17-31(29)25-32/h6-7,9-17,19-20,25,27-28,33-34,36-39,47H,1-2,8,18,21-24,26H2,3-5H3,(H,44,48)/t28-,33-,34-,36+,37+,38-,39-,43+/m1/s1. The largest absolute Gasteiger partial charge is 0.455 e. The van der Waals surface area contributed by atoms with Crippen molar-refractivity contribution in [2.75, 3.05) is 18.1 Å². The number of aliphatic hydroxyl groups is 1. The van der Waals surface area contributed by atoms with Crippen LogP contribution in [0.15, 0.2) is 98.1 Å². The van der Waals surface area contributed by atoms with E-state index < -0.39 is 59.6 Å². The van der Waals surface area contributed by atoms with E-state index >= 15 is 4.79 Å². The van der Waals surface area contributed by atoms with Gasteiger partial charge in [0.2, 0.25) is 11.8 Å². The molecule has 3 aromatic rings. The van der Waals surface area contributed by atoms with Crippen LogP contribution in [0.1, 0.15) is 64.5 Å². The van der Waals surface area contributed by atoms with Crippen molar-refractivity contribution in [2.24, 2.45) is 17.8 Å². The van der Waals surface area contributed by atoms with Crippen molar-refractivity contribution in [3.63, 3.8) is 0 Å². The Hall–Kier alpha value is -4.80. The molecule has 2 bridgehead atoms. The minimum Gasteiger partial charge on any atom is -0.455 e. The number of fused-ring (bicyclic) bond motifs is 2. The molecule has 0 saturated carbocycles. The number of allylic oxidation sites excluding steroid dienone is 1. The number of nitrogens with one attached hydrogen (secondary N) is 1. The van der Waals surface area contributed by atoms with Crippen LogP contribution in [0.2, 0.25) is 0 Å². The Kier molecular flexibility index (Phi) is 11.5. The van der Waals surface area contributed by atoms with Crippen LogP contribution in [-0.4, -0.2) is 76.7 Å². The second-order valence-electron chi connectivity index (χ2n) is 15.0. The number of ether oxygens (including phenoxy) is 2. The Morgan fingerprint density at radius 3 is 2.43 bits per heavy atom. The fourth-order valence-corrected chi connectivity index (χ4v) is 8.74. The quantitative estimate of drug-likeness (QED) is 0.140. The van der Waals surface area contributed by atoms with Gasteiger partial charge in [0.1, 0.15) is 17.7 Å². The number of anilines is 1. The summed E-state index contributed by atoms with van der Waals surface area (Å²) in [6, 6.07) is 20.5. The lowest BCUT2D eigenvalue weighted by atomic mass is 9.70. The van der Waals surface area contributed by atoms with Gasteiger partial charge in [-0.15, -0.1) is 13.2 Å². The van der Waals surface area contributed by atoms with Crippen LogP contribution < -0.4 is 10.2 Å². The van der Waals surface area contributed by atoms with E-state index in [4.69, 9.17) is 9.47 Å². The molecular weight excluding hydrogens is 670 g/mol. The normalized spacial score (nSPS) is 24.8. The minimum atomic E-state index is -1.31. The third-order valence-corrected chi connectivity index (χ3v) is 11.0. The molecule has 3 heterocycles. The average molecular weight is 722 g/mol. The molecule has 2 N–H and O–H groups in total. The van der Waals surface area contributed by atoms with Gasteiger partial charge >= 0.3 is 5.97 Å². The van der Waals surface area contributed by atoms with Crippen LogP contribution >= 0.6 is 0 Å². The summed E-state index contributed by atoms with van der Waals surface area (Å²) < 4.78 is 13.0. The first-order valence-electron chi connectivity index (χ1n) is 18.7. The highest BCUT2D eigenvalue weighted by Gasteiger charge is 2.75. The van der Waals surface area contributed by atoms with E-state index in [1.54, 1.807) is 24.0 Å². The van der Waals surface area contributed by atoms with Crippen LogP contribution in [0.25, 0.3) is 10.8 Å². The summed E-state index contributed by atoms with van der Waals surface area (Å²) in [6.45, 7) is 13.2. The van der Waals surface area contributed by atoms with Crippen molar-refractivity contribution < 1.29 is 33.8 Å². The van der Waals surface area contributed by atoms with Crippen LogP contribution in [-0.2, 0) is 28.7 Å². The lowest BCUT2D eigenvalue weighted by molar-refractivity contribution is -0.162. The van der Waals surface area contributed by atoms with E-state index in [1.165, 1.54) is 4.90 Å². The summed E-state index contributed by atoms with van der Waals surface area (Å²) >= 11 is 0. The van der Waals surface area contributed by atoms with E-state index in [9.17, 15) is 19.5 Å². The molecule has 53 heavy (non-hydrogen) atoms. The SMILES string of the molecule is C=CCCC(=O)N[C@H](C)[C@@H](OC(=O)[C@@H]1[C@H]2C(=O)N([C@@H](CO)CC(C)C)[C@H](C(=O)N(CC=C)c3ccc4ccccc4c3)[C@]23CC[C@H]1O3)c1ccccc1. The lowest BCUT2D eigenvalue weighted by Crippen LogP contribution is -2.59. The van der Waals surface area contributed by atoms with E-state index in [-0.39, 0.29) is 37.3 Å². The number of hydrogen-bond donors (Lipinski definition) is 2. The van der Waals surface area contributed by atoms with E-state index in [0.29, 0.717) is 36.9 Å². The van der Waals surface area contributed by atoms with Gasteiger partial charge in [0.15, 0.2) is 0 Å². The maximum absolute atomic E-state index is 15.1. The number of benzene rings is 3. The van der Waals surface area contributed by atoms with E-state index in [0.717, 1.165) is 10.8 Å². The predicted octanol–water partition coefficient (Wildman–Crippen LogP) is 5.90. The Morgan fingerprint density at radius 2 is 1.75 bits per heavy atom. The fourth-order valence-electron chi connectivity index (χ4n) is 8.74. The fraction of sp³-hybridized carbons (Fsp3) is 0.442. The number of carbonyl (C=O) groups excluding carboxylic acids is 4. The van der Waals surface area contributed by atoms with Gasteiger partial charge in [-0.25, -0.2) is 0 Å². The van der Waals surface area contributed by atoms with Gasteiger partial charge in [-0.05, 0) is 67.0 Å². The van der Waals surface area contributed by atoms with Crippen LogP contribution in [0, 0.1) is 17.8 Å². The summed E-state index contributed by atoms with van der Waals surface area (Å²) in [7, 11) is 0.